The van der Waals surface area contributed by atoms with Gasteiger partial charge in [0.25, 0.3) is 0 Å². The fourth-order valence-corrected chi connectivity index (χ4v) is 4.17. The van der Waals surface area contributed by atoms with Crippen molar-refractivity contribution in [1.29, 1.82) is 0 Å². The lowest BCUT2D eigenvalue weighted by Gasteiger charge is -2.25. The molecule has 0 N–H and O–H groups in total. The van der Waals surface area contributed by atoms with Crippen LogP contribution in [0.2, 0.25) is 0 Å². The zero-order valence-corrected chi connectivity index (χ0v) is 14.1. The Balaban J connectivity index is 1.42. The highest BCUT2D eigenvalue weighted by Gasteiger charge is 2.20. The minimum absolute atomic E-state index is 1.03. The molecule has 0 saturated carbocycles. The molecule has 1 aromatic carbocycles. The Kier molecular flexibility index (Phi) is 3.44. The molecule has 0 amide bonds. The lowest BCUT2D eigenvalue weighted by atomic mass is 10.2. The van der Waals surface area contributed by atoms with Crippen LogP contribution in [0.4, 0.5) is 0 Å². The van der Waals surface area contributed by atoms with Crippen LogP contribution in [0.1, 0.15) is 24.2 Å². The molecule has 0 bridgehead atoms. The van der Waals surface area contributed by atoms with Crippen LogP contribution in [0.5, 0.6) is 0 Å². The summed E-state index contributed by atoms with van der Waals surface area (Å²) in [6.45, 7) is 6.76. The molecular formula is C20H24N4. The Hall–Kier alpha value is -2.07. The second-order valence-corrected chi connectivity index (χ2v) is 7.17. The van der Waals surface area contributed by atoms with E-state index in [4.69, 9.17) is 4.98 Å². The minimum atomic E-state index is 1.03. The van der Waals surface area contributed by atoms with Gasteiger partial charge in [0, 0.05) is 38.3 Å². The van der Waals surface area contributed by atoms with Crippen LogP contribution in [-0.2, 0) is 19.5 Å². The molecule has 3 aliphatic rings. The van der Waals surface area contributed by atoms with E-state index in [2.05, 4.69) is 50.8 Å². The summed E-state index contributed by atoms with van der Waals surface area (Å²) in [4.78, 5) is 9.96. The third kappa shape index (κ3) is 2.46. The topological polar surface area (TPSA) is 24.3 Å². The van der Waals surface area contributed by atoms with E-state index >= 15 is 0 Å². The molecule has 4 heteroatoms. The van der Waals surface area contributed by atoms with Crippen molar-refractivity contribution in [1.82, 2.24) is 19.4 Å². The maximum atomic E-state index is 4.91. The van der Waals surface area contributed by atoms with Crippen molar-refractivity contribution >= 4 is 11.0 Å². The molecule has 5 rings (SSSR count). The Morgan fingerprint density at radius 1 is 1.00 bits per heavy atom. The lowest BCUT2D eigenvalue weighted by Crippen LogP contribution is -2.26. The number of hydrogen-bond acceptors (Lipinski definition) is 3. The molecule has 0 atom stereocenters. The van der Waals surface area contributed by atoms with E-state index in [1.807, 2.05) is 0 Å². The number of hydrogen-bond donors (Lipinski definition) is 0. The number of fused-ring (bicyclic) bond motifs is 3. The number of benzene rings is 1. The zero-order chi connectivity index (χ0) is 15.9. The first-order chi connectivity index (χ1) is 11.9. The van der Waals surface area contributed by atoms with Gasteiger partial charge in [-0.25, -0.2) is 4.98 Å². The molecule has 0 spiro atoms. The van der Waals surface area contributed by atoms with Gasteiger partial charge in [0.05, 0.1) is 11.0 Å². The van der Waals surface area contributed by atoms with Crippen LogP contribution in [0, 0.1) is 0 Å². The highest BCUT2D eigenvalue weighted by Crippen LogP contribution is 2.24. The van der Waals surface area contributed by atoms with Gasteiger partial charge in [-0.05, 0) is 55.8 Å². The molecule has 3 heterocycles. The van der Waals surface area contributed by atoms with Crippen molar-refractivity contribution in [3.63, 3.8) is 0 Å². The van der Waals surface area contributed by atoms with Gasteiger partial charge in [0.2, 0.25) is 0 Å². The standard InChI is InChI=1S/C20H24N4/c1-2-10-22(9-1)15-16-6-7-18-19(14-16)24-13-12-23(17-4-3-5-17)11-8-20(24)21-18/h3-7,14H,1-2,8-13,15H2. The van der Waals surface area contributed by atoms with E-state index in [1.165, 1.54) is 48.5 Å². The van der Waals surface area contributed by atoms with E-state index in [0.29, 0.717) is 0 Å². The van der Waals surface area contributed by atoms with E-state index in [0.717, 1.165) is 38.1 Å². The maximum Gasteiger partial charge on any atom is 0.111 e. The number of rotatable bonds is 3. The van der Waals surface area contributed by atoms with Crippen molar-refractivity contribution in [2.45, 2.75) is 32.4 Å². The molecule has 4 nitrogen and oxygen atoms in total. The first-order valence-corrected chi connectivity index (χ1v) is 9.20. The molecule has 0 radical (unpaired) electrons. The second-order valence-electron chi connectivity index (χ2n) is 7.17. The summed E-state index contributed by atoms with van der Waals surface area (Å²) in [5, 5.41) is 0. The predicted molar refractivity (Wildman–Crippen MR) is 96.7 cm³/mol. The van der Waals surface area contributed by atoms with Crippen molar-refractivity contribution < 1.29 is 0 Å². The molecule has 1 saturated heterocycles. The molecular weight excluding hydrogens is 296 g/mol. The SMILES string of the molecule is C1=CC(N2CCc3nc4ccc(CN5CCCC5)cc4n3CC2)=C1. The molecule has 2 aromatic rings. The van der Waals surface area contributed by atoms with E-state index in [1.54, 1.807) is 0 Å². The number of imidazole rings is 1. The van der Waals surface area contributed by atoms with E-state index in [-0.39, 0.29) is 0 Å². The average molecular weight is 320 g/mol. The normalized spacial score (nSPS) is 20.8. The summed E-state index contributed by atoms with van der Waals surface area (Å²) in [5.41, 5.74) is 5.28. The van der Waals surface area contributed by atoms with Crippen LogP contribution in [0.3, 0.4) is 0 Å². The number of likely N-dealkylation sites (tertiary alicyclic amines) is 1. The van der Waals surface area contributed by atoms with Gasteiger partial charge in [0.15, 0.2) is 0 Å². The van der Waals surface area contributed by atoms with Crippen LogP contribution < -0.4 is 0 Å². The smallest absolute Gasteiger partial charge is 0.111 e. The summed E-state index contributed by atoms with van der Waals surface area (Å²) in [5.74, 6) is 1.25. The van der Waals surface area contributed by atoms with Gasteiger partial charge in [-0.3, -0.25) is 4.90 Å². The fraction of sp³-hybridized carbons (Fsp3) is 0.450. The summed E-state index contributed by atoms with van der Waals surface area (Å²) < 4.78 is 2.45. The number of allylic oxidation sites excluding steroid dienone is 3. The second kappa shape index (κ2) is 5.78. The highest BCUT2D eigenvalue weighted by atomic mass is 15.2. The summed E-state index contributed by atoms with van der Waals surface area (Å²) in [7, 11) is 0. The average Bonchev–Trinajstić information content (AvgIpc) is 3.11. The van der Waals surface area contributed by atoms with Crippen LogP contribution in [0.15, 0.2) is 42.1 Å². The Morgan fingerprint density at radius 2 is 1.88 bits per heavy atom. The molecule has 2 aliphatic heterocycles. The van der Waals surface area contributed by atoms with Gasteiger partial charge in [-0.15, -0.1) is 0 Å². The maximum absolute atomic E-state index is 4.91. The van der Waals surface area contributed by atoms with Gasteiger partial charge in [-0.1, -0.05) is 12.1 Å². The molecule has 124 valence electrons. The molecule has 24 heavy (non-hydrogen) atoms. The highest BCUT2D eigenvalue weighted by molar-refractivity contribution is 5.77. The third-order valence-electron chi connectivity index (χ3n) is 5.59. The molecule has 1 aromatic heterocycles. The fourth-order valence-electron chi connectivity index (χ4n) is 4.17. The van der Waals surface area contributed by atoms with Crippen molar-refractivity contribution in [3.05, 3.63) is 53.5 Å². The van der Waals surface area contributed by atoms with Crippen molar-refractivity contribution in [2.24, 2.45) is 0 Å². The summed E-state index contributed by atoms with van der Waals surface area (Å²) >= 11 is 0. The predicted octanol–water partition coefficient (Wildman–Crippen LogP) is 2.94. The van der Waals surface area contributed by atoms with E-state index in [9.17, 15) is 0 Å². The number of aromatic nitrogens is 2. The zero-order valence-electron chi connectivity index (χ0n) is 14.1. The Bertz CT molecular complexity index is 824. The van der Waals surface area contributed by atoms with Crippen LogP contribution in [0.25, 0.3) is 11.0 Å². The Labute approximate surface area is 143 Å². The largest absolute Gasteiger partial charge is 0.369 e. The monoisotopic (exact) mass is 320 g/mol. The van der Waals surface area contributed by atoms with Crippen LogP contribution in [-0.4, -0.2) is 45.5 Å². The molecule has 0 unspecified atom stereocenters. The van der Waals surface area contributed by atoms with Gasteiger partial charge in [-0.2, -0.15) is 0 Å². The minimum Gasteiger partial charge on any atom is -0.369 e. The van der Waals surface area contributed by atoms with Gasteiger partial charge < -0.3 is 9.47 Å². The number of nitrogens with zero attached hydrogens (tertiary/aromatic N) is 4. The van der Waals surface area contributed by atoms with E-state index < -0.39 is 0 Å². The first kappa shape index (κ1) is 14.3. The van der Waals surface area contributed by atoms with Gasteiger partial charge >= 0.3 is 0 Å². The van der Waals surface area contributed by atoms with Crippen molar-refractivity contribution in [2.75, 3.05) is 26.2 Å². The van der Waals surface area contributed by atoms with Gasteiger partial charge in [0.1, 0.15) is 5.82 Å². The van der Waals surface area contributed by atoms with Crippen LogP contribution >= 0.6 is 0 Å². The molecule has 1 aliphatic carbocycles. The summed E-state index contributed by atoms with van der Waals surface area (Å²) in [6.07, 6.45) is 10.3. The third-order valence-corrected chi connectivity index (χ3v) is 5.59. The molecule has 1 fully saturated rings. The lowest BCUT2D eigenvalue weighted by molar-refractivity contribution is 0.331. The summed E-state index contributed by atoms with van der Waals surface area (Å²) in [6, 6.07) is 6.86. The first-order valence-electron chi connectivity index (χ1n) is 9.20. The Morgan fingerprint density at radius 3 is 2.67 bits per heavy atom. The quantitative estimate of drug-likeness (QED) is 0.869. The van der Waals surface area contributed by atoms with Crippen molar-refractivity contribution in [3.8, 4) is 0 Å².